The summed E-state index contributed by atoms with van der Waals surface area (Å²) in [6, 6.07) is 24.5. The second kappa shape index (κ2) is 6.14. The Hall–Kier alpha value is -2.78. The minimum atomic E-state index is -0.526. The lowest BCUT2D eigenvalue weighted by molar-refractivity contribution is -0.123. The molecular formula is C23H19ClN2O. The minimum absolute atomic E-state index is 0.0380. The minimum Gasteiger partial charge on any atom is -0.341 e. The summed E-state index contributed by atoms with van der Waals surface area (Å²) < 4.78 is 2.33. The number of aromatic nitrogens is 1. The number of hydrogen-bond donors (Lipinski definition) is 0. The van der Waals surface area contributed by atoms with Crippen molar-refractivity contribution >= 4 is 45.0 Å². The molecule has 3 aromatic carbocycles. The Labute approximate surface area is 162 Å². The van der Waals surface area contributed by atoms with Crippen LogP contribution in [0.5, 0.6) is 0 Å². The van der Waals surface area contributed by atoms with Crippen LogP contribution in [-0.2, 0) is 11.3 Å². The quantitative estimate of drug-likeness (QED) is 0.343. The number of benzene rings is 3. The zero-order valence-electron chi connectivity index (χ0n) is 15.0. The Balaban J connectivity index is 1.67. The van der Waals surface area contributed by atoms with Gasteiger partial charge >= 0.3 is 0 Å². The van der Waals surface area contributed by atoms with Crippen molar-refractivity contribution in [2.24, 2.45) is 0 Å². The first-order valence-corrected chi connectivity index (χ1v) is 9.67. The van der Waals surface area contributed by atoms with Crippen molar-refractivity contribution in [3.63, 3.8) is 0 Å². The van der Waals surface area contributed by atoms with Crippen LogP contribution in [-0.4, -0.2) is 15.9 Å². The van der Waals surface area contributed by atoms with Crippen molar-refractivity contribution in [1.82, 2.24) is 4.57 Å². The van der Waals surface area contributed by atoms with E-state index in [1.807, 2.05) is 30.3 Å². The average Bonchev–Trinajstić information content (AvgIpc) is 3.04. The van der Waals surface area contributed by atoms with Crippen molar-refractivity contribution in [3.05, 3.63) is 78.4 Å². The number of anilines is 1. The van der Waals surface area contributed by atoms with Gasteiger partial charge in [0.15, 0.2) is 0 Å². The van der Waals surface area contributed by atoms with Crippen LogP contribution in [0.15, 0.2) is 72.8 Å². The third-order valence-corrected chi connectivity index (χ3v) is 5.94. The Morgan fingerprint density at radius 1 is 0.889 bits per heavy atom. The van der Waals surface area contributed by atoms with Crippen LogP contribution in [0.2, 0.25) is 0 Å². The van der Waals surface area contributed by atoms with Gasteiger partial charge in [0.2, 0.25) is 5.91 Å². The highest BCUT2D eigenvalue weighted by atomic mass is 35.5. The number of aryl methyl sites for hydroxylation is 1. The molecule has 2 atom stereocenters. The molecule has 2 unspecified atom stereocenters. The summed E-state index contributed by atoms with van der Waals surface area (Å²) >= 11 is 6.45. The van der Waals surface area contributed by atoms with Gasteiger partial charge in [-0.3, -0.25) is 4.79 Å². The van der Waals surface area contributed by atoms with Crippen LogP contribution in [0.3, 0.4) is 0 Å². The summed E-state index contributed by atoms with van der Waals surface area (Å²) in [7, 11) is 0. The fraction of sp³-hybridized carbons (Fsp3) is 0.174. The highest BCUT2D eigenvalue weighted by Crippen LogP contribution is 2.43. The Morgan fingerprint density at radius 2 is 1.59 bits per heavy atom. The molecule has 1 amide bonds. The number of carbonyl (C=O) groups is 1. The van der Waals surface area contributed by atoms with E-state index in [9.17, 15) is 4.79 Å². The van der Waals surface area contributed by atoms with Gasteiger partial charge in [-0.1, -0.05) is 42.5 Å². The first-order valence-electron chi connectivity index (χ1n) is 9.24. The zero-order valence-corrected chi connectivity index (χ0v) is 15.7. The molecule has 4 heteroatoms. The number of para-hydroxylation sites is 2. The normalized spacial score (nSPS) is 19.6. The monoisotopic (exact) mass is 374 g/mol. The van der Waals surface area contributed by atoms with Crippen molar-refractivity contribution in [1.29, 1.82) is 0 Å². The molecule has 5 rings (SSSR count). The maximum absolute atomic E-state index is 12.5. The molecule has 0 bridgehead atoms. The summed E-state index contributed by atoms with van der Waals surface area (Å²) in [4.78, 5) is 14.3. The topological polar surface area (TPSA) is 25.2 Å². The fourth-order valence-corrected chi connectivity index (χ4v) is 4.61. The Kier molecular flexibility index (Phi) is 3.73. The molecule has 1 saturated heterocycles. The number of alkyl halides is 1. The first-order chi connectivity index (χ1) is 13.2. The average molecular weight is 375 g/mol. The number of amides is 1. The van der Waals surface area contributed by atoms with Gasteiger partial charge < -0.3 is 9.47 Å². The Morgan fingerprint density at radius 3 is 2.37 bits per heavy atom. The number of β-lactam (4-membered cyclic amide) rings is 1. The van der Waals surface area contributed by atoms with E-state index in [0.717, 1.165) is 17.8 Å². The lowest BCUT2D eigenvalue weighted by Gasteiger charge is -2.44. The molecule has 4 aromatic rings. The van der Waals surface area contributed by atoms with Crippen LogP contribution in [0.25, 0.3) is 21.8 Å². The standard InChI is InChI=1S/C23H19ClN2O/c1-2-25-19-11-7-6-10-17(19)18-14-15(12-13-20(18)25)22-21(24)23(27)26(22)16-8-4-3-5-9-16/h3-14,21-22H,2H2,1H3. The van der Waals surface area contributed by atoms with Crippen LogP contribution in [0.4, 0.5) is 5.69 Å². The molecule has 1 aliphatic heterocycles. The molecule has 2 heterocycles. The summed E-state index contributed by atoms with van der Waals surface area (Å²) in [5.74, 6) is -0.0380. The predicted molar refractivity (Wildman–Crippen MR) is 111 cm³/mol. The van der Waals surface area contributed by atoms with E-state index in [1.165, 1.54) is 21.8 Å². The smallest absolute Gasteiger partial charge is 0.248 e. The van der Waals surface area contributed by atoms with Crippen LogP contribution in [0.1, 0.15) is 18.5 Å². The summed E-state index contributed by atoms with van der Waals surface area (Å²) in [6.45, 7) is 3.08. The number of hydrogen-bond acceptors (Lipinski definition) is 1. The molecule has 1 aromatic heterocycles. The number of fused-ring (bicyclic) bond motifs is 3. The zero-order chi connectivity index (χ0) is 18.5. The van der Waals surface area contributed by atoms with E-state index in [4.69, 9.17) is 11.6 Å². The number of rotatable bonds is 3. The van der Waals surface area contributed by atoms with E-state index in [0.29, 0.717) is 0 Å². The SMILES string of the molecule is CCn1c2ccccc2c2cc(C3C(Cl)C(=O)N3c3ccccc3)ccc21. The van der Waals surface area contributed by atoms with Crippen LogP contribution >= 0.6 is 11.6 Å². The molecule has 1 fully saturated rings. The van der Waals surface area contributed by atoms with Gasteiger partial charge in [0.1, 0.15) is 5.38 Å². The molecule has 0 spiro atoms. The maximum atomic E-state index is 12.5. The lowest BCUT2D eigenvalue weighted by Crippen LogP contribution is -2.56. The van der Waals surface area contributed by atoms with Gasteiger partial charge in [-0.25, -0.2) is 0 Å². The van der Waals surface area contributed by atoms with Gasteiger partial charge in [-0.15, -0.1) is 11.6 Å². The van der Waals surface area contributed by atoms with E-state index in [2.05, 4.69) is 54.0 Å². The van der Waals surface area contributed by atoms with Gasteiger partial charge in [0, 0.05) is 34.0 Å². The largest absolute Gasteiger partial charge is 0.341 e. The molecule has 27 heavy (non-hydrogen) atoms. The van der Waals surface area contributed by atoms with Gasteiger partial charge in [0.25, 0.3) is 0 Å². The molecule has 3 nitrogen and oxygen atoms in total. The second-order valence-electron chi connectivity index (χ2n) is 6.93. The molecule has 134 valence electrons. The number of nitrogens with zero attached hydrogens (tertiary/aromatic N) is 2. The molecule has 0 aliphatic carbocycles. The third kappa shape index (κ3) is 2.31. The van der Waals surface area contributed by atoms with Crippen molar-refractivity contribution < 1.29 is 4.79 Å². The first kappa shape index (κ1) is 16.4. The highest BCUT2D eigenvalue weighted by molar-refractivity contribution is 6.37. The maximum Gasteiger partial charge on any atom is 0.248 e. The summed E-state index contributed by atoms with van der Waals surface area (Å²) in [5, 5.41) is 1.92. The lowest BCUT2D eigenvalue weighted by atomic mass is 9.91. The molecule has 0 radical (unpaired) electrons. The van der Waals surface area contributed by atoms with Gasteiger partial charge in [-0.05, 0) is 42.8 Å². The van der Waals surface area contributed by atoms with E-state index < -0.39 is 5.38 Å². The number of carbonyl (C=O) groups excluding carboxylic acids is 1. The van der Waals surface area contributed by atoms with E-state index >= 15 is 0 Å². The van der Waals surface area contributed by atoms with Crippen molar-refractivity contribution in [2.75, 3.05) is 4.90 Å². The molecule has 0 N–H and O–H groups in total. The van der Waals surface area contributed by atoms with Crippen molar-refractivity contribution in [3.8, 4) is 0 Å². The highest BCUT2D eigenvalue weighted by Gasteiger charge is 2.47. The van der Waals surface area contributed by atoms with Gasteiger partial charge in [0.05, 0.1) is 6.04 Å². The summed E-state index contributed by atoms with van der Waals surface area (Å²) in [6.07, 6.45) is 0. The third-order valence-electron chi connectivity index (χ3n) is 5.52. The summed E-state index contributed by atoms with van der Waals surface area (Å²) in [5.41, 5.74) is 4.41. The number of halogens is 1. The molecular weight excluding hydrogens is 356 g/mol. The predicted octanol–water partition coefficient (Wildman–Crippen LogP) is 5.51. The van der Waals surface area contributed by atoms with Crippen LogP contribution < -0.4 is 4.90 Å². The van der Waals surface area contributed by atoms with Crippen LogP contribution in [0, 0.1) is 0 Å². The molecule has 1 aliphatic rings. The van der Waals surface area contributed by atoms with Gasteiger partial charge in [-0.2, -0.15) is 0 Å². The second-order valence-corrected chi connectivity index (χ2v) is 7.40. The molecule has 0 saturated carbocycles. The fourth-order valence-electron chi connectivity index (χ4n) is 4.24. The van der Waals surface area contributed by atoms with Crippen molar-refractivity contribution in [2.45, 2.75) is 24.9 Å². The Bertz CT molecular complexity index is 1170. The van der Waals surface area contributed by atoms with E-state index in [-0.39, 0.29) is 11.9 Å². The van der Waals surface area contributed by atoms with E-state index in [1.54, 1.807) is 4.90 Å².